The summed E-state index contributed by atoms with van der Waals surface area (Å²) in [6.45, 7) is 3.84. The molecule has 1 heterocycles. The second-order valence-electron chi connectivity index (χ2n) is 2.78. The minimum absolute atomic E-state index is 0.00593. The normalized spacial score (nSPS) is 10.3. The summed E-state index contributed by atoms with van der Waals surface area (Å²) in [5.74, 6) is 0.941. The molecule has 0 atom stereocenters. The standard InChI is InChI=1S/C8H11BrN2O/c1-5-7(4-8(9)12)11(3)6(2)10-5/h4H2,1-3H3. The number of hydrogen-bond acceptors (Lipinski definition) is 2. The maximum Gasteiger partial charge on any atom is 0.203 e. The van der Waals surface area contributed by atoms with E-state index in [0.29, 0.717) is 6.42 Å². The fourth-order valence-electron chi connectivity index (χ4n) is 1.20. The Morgan fingerprint density at radius 1 is 1.58 bits per heavy atom. The van der Waals surface area contributed by atoms with Crippen molar-refractivity contribution < 1.29 is 4.79 Å². The molecule has 0 aliphatic rings. The second-order valence-corrected chi connectivity index (χ2v) is 3.67. The summed E-state index contributed by atoms with van der Waals surface area (Å²) >= 11 is 2.91. The summed E-state index contributed by atoms with van der Waals surface area (Å²) < 4.78 is 1.93. The Morgan fingerprint density at radius 3 is 2.50 bits per heavy atom. The van der Waals surface area contributed by atoms with Gasteiger partial charge in [0, 0.05) is 12.7 Å². The molecule has 0 unspecified atom stereocenters. The highest BCUT2D eigenvalue weighted by Gasteiger charge is 2.10. The van der Waals surface area contributed by atoms with Crippen molar-refractivity contribution in [2.75, 3.05) is 0 Å². The number of halogens is 1. The summed E-state index contributed by atoms with van der Waals surface area (Å²) in [5.41, 5.74) is 1.91. The van der Waals surface area contributed by atoms with E-state index >= 15 is 0 Å². The van der Waals surface area contributed by atoms with E-state index in [1.165, 1.54) is 0 Å². The van der Waals surface area contributed by atoms with E-state index < -0.39 is 0 Å². The van der Waals surface area contributed by atoms with Gasteiger partial charge in [0.1, 0.15) is 5.82 Å². The SMILES string of the molecule is Cc1nc(C)n(C)c1CC(=O)Br. The lowest BCUT2D eigenvalue weighted by Crippen LogP contribution is -2.03. The molecule has 0 aliphatic heterocycles. The van der Waals surface area contributed by atoms with Crippen LogP contribution in [0.5, 0.6) is 0 Å². The topological polar surface area (TPSA) is 34.9 Å². The van der Waals surface area contributed by atoms with Crippen LogP contribution in [-0.4, -0.2) is 14.2 Å². The molecule has 1 aromatic rings. The fraction of sp³-hybridized carbons (Fsp3) is 0.500. The van der Waals surface area contributed by atoms with Gasteiger partial charge in [0.15, 0.2) is 0 Å². The average molecular weight is 231 g/mol. The Labute approximate surface area is 79.9 Å². The van der Waals surface area contributed by atoms with E-state index in [9.17, 15) is 4.79 Å². The number of aryl methyl sites for hydroxylation is 2. The van der Waals surface area contributed by atoms with Gasteiger partial charge in [-0.15, -0.1) is 0 Å². The van der Waals surface area contributed by atoms with Gasteiger partial charge in [-0.2, -0.15) is 0 Å². The van der Waals surface area contributed by atoms with Gasteiger partial charge < -0.3 is 4.57 Å². The molecule has 0 amide bonds. The van der Waals surface area contributed by atoms with Crippen LogP contribution < -0.4 is 0 Å². The van der Waals surface area contributed by atoms with Crippen molar-refractivity contribution in [1.29, 1.82) is 0 Å². The zero-order valence-electron chi connectivity index (χ0n) is 7.39. The van der Waals surface area contributed by atoms with Crippen LogP contribution in [0.1, 0.15) is 17.2 Å². The third-order valence-corrected chi connectivity index (χ3v) is 2.22. The molecule has 66 valence electrons. The highest BCUT2D eigenvalue weighted by molar-refractivity contribution is 9.18. The van der Waals surface area contributed by atoms with Crippen LogP contribution in [0.15, 0.2) is 0 Å². The van der Waals surface area contributed by atoms with Crippen LogP contribution >= 0.6 is 15.9 Å². The predicted molar refractivity (Wildman–Crippen MR) is 50.3 cm³/mol. The number of imidazole rings is 1. The number of carbonyl (C=O) groups excluding carboxylic acids is 1. The molecule has 3 nitrogen and oxygen atoms in total. The molecule has 0 bridgehead atoms. The number of carbonyl (C=O) groups is 1. The molecule has 0 saturated heterocycles. The van der Waals surface area contributed by atoms with Crippen molar-refractivity contribution >= 4 is 20.6 Å². The molecule has 12 heavy (non-hydrogen) atoms. The molecule has 1 aromatic heterocycles. The summed E-state index contributed by atoms with van der Waals surface area (Å²) in [6, 6.07) is 0. The molecule has 0 spiro atoms. The first-order chi connectivity index (χ1) is 5.52. The minimum Gasteiger partial charge on any atom is -0.335 e. The van der Waals surface area contributed by atoms with E-state index in [0.717, 1.165) is 17.2 Å². The second kappa shape index (κ2) is 3.39. The number of nitrogens with zero attached hydrogens (tertiary/aromatic N) is 2. The monoisotopic (exact) mass is 230 g/mol. The Morgan fingerprint density at radius 2 is 2.17 bits per heavy atom. The third kappa shape index (κ3) is 1.75. The molecule has 0 fully saturated rings. The Kier molecular flexibility index (Phi) is 2.67. The van der Waals surface area contributed by atoms with Crippen LogP contribution in [0.2, 0.25) is 0 Å². The average Bonchev–Trinajstić information content (AvgIpc) is 2.16. The van der Waals surface area contributed by atoms with Crippen molar-refractivity contribution in [2.45, 2.75) is 20.3 Å². The first-order valence-corrected chi connectivity index (χ1v) is 4.48. The predicted octanol–water partition coefficient (Wildman–Crippen LogP) is 1.50. The zero-order valence-corrected chi connectivity index (χ0v) is 8.97. The van der Waals surface area contributed by atoms with Crippen LogP contribution in [0.3, 0.4) is 0 Å². The van der Waals surface area contributed by atoms with Crippen LogP contribution in [0.25, 0.3) is 0 Å². The molecule has 0 aliphatic carbocycles. The molecule has 0 N–H and O–H groups in total. The first kappa shape index (κ1) is 9.45. The lowest BCUT2D eigenvalue weighted by Gasteiger charge is -2.00. The molecular formula is C8H11BrN2O. The van der Waals surface area contributed by atoms with E-state index in [-0.39, 0.29) is 4.69 Å². The van der Waals surface area contributed by atoms with Crippen LogP contribution in [-0.2, 0) is 18.3 Å². The molecular weight excluding hydrogens is 220 g/mol. The summed E-state index contributed by atoms with van der Waals surface area (Å²) in [4.78, 5) is 15.1. The van der Waals surface area contributed by atoms with E-state index in [1.54, 1.807) is 0 Å². The Balaban J connectivity index is 3.05. The number of aromatic nitrogens is 2. The number of rotatable bonds is 2. The first-order valence-electron chi connectivity index (χ1n) is 3.69. The van der Waals surface area contributed by atoms with Crippen molar-refractivity contribution in [3.05, 3.63) is 17.2 Å². The summed E-state index contributed by atoms with van der Waals surface area (Å²) in [5, 5.41) is 0. The van der Waals surface area contributed by atoms with Crippen LogP contribution in [0.4, 0.5) is 0 Å². The maximum absolute atomic E-state index is 10.8. The largest absolute Gasteiger partial charge is 0.335 e. The summed E-state index contributed by atoms with van der Waals surface area (Å²) in [7, 11) is 1.92. The maximum atomic E-state index is 10.8. The van der Waals surface area contributed by atoms with Gasteiger partial charge in [0.2, 0.25) is 4.69 Å². The van der Waals surface area contributed by atoms with Crippen molar-refractivity contribution in [3.8, 4) is 0 Å². The number of hydrogen-bond donors (Lipinski definition) is 0. The van der Waals surface area contributed by atoms with Crippen LogP contribution in [0, 0.1) is 13.8 Å². The smallest absolute Gasteiger partial charge is 0.203 e. The lowest BCUT2D eigenvalue weighted by atomic mass is 10.3. The Bertz CT molecular complexity index is 317. The van der Waals surface area contributed by atoms with Crippen molar-refractivity contribution in [2.24, 2.45) is 7.05 Å². The van der Waals surface area contributed by atoms with Crippen molar-refractivity contribution in [1.82, 2.24) is 9.55 Å². The van der Waals surface area contributed by atoms with E-state index in [1.807, 2.05) is 25.5 Å². The van der Waals surface area contributed by atoms with E-state index in [2.05, 4.69) is 20.9 Å². The quantitative estimate of drug-likeness (QED) is 0.723. The van der Waals surface area contributed by atoms with E-state index in [4.69, 9.17) is 0 Å². The summed E-state index contributed by atoms with van der Waals surface area (Å²) in [6.07, 6.45) is 0.406. The molecule has 0 aromatic carbocycles. The van der Waals surface area contributed by atoms with Gasteiger partial charge in [-0.25, -0.2) is 4.98 Å². The fourth-order valence-corrected chi connectivity index (χ4v) is 1.46. The minimum atomic E-state index is -0.00593. The molecule has 0 radical (unpaired) electrons. The van der Waals surface area contributed by atoms with Gasteiger partial charge in [-0.3, -0.25) is 4.79 Å². The van der Waals surface area contributed by atoms with Gasteiger partial charge in [0.25, 0.3) is 0 Å². The molecule has 1 rings (SSSR count). The van der Waals surface area contributed by atoms with Gasteiger partial charge >= 0.3 is 0 Å². The van der Waals surface area contributed by atoms with Gasteiger partial charge in [-0.05, 0) is 29.8 Å². The van der Waals surface area contributed by atoms with Crippen molar-refractivity contribution in [3.63, 3.8) is 0 Å². The Hall–Kier alpha value is -0.640. The third-order valence-electron chi connectivity index (χ3n) is 1.94. The zero-order chi connectivity index (χ0) is 9.30. The highest BCUT2D eigenvalue weighted by atomic mass is 79.9. The molecule has 4 heteroatoms. The molecule has 0 saturated carbocycles. The van der Waals surface area contributed by atoms with Gasteiger partial charge in [0.05, 0.1) is 12.1 Å². The lowest BCUT2D eigenvalue weighted by molar-refractivity contribution is -0.109. The van der Waals surface area contributed by atoms with Gasteiger partial charge in [-0.1, -0.05) is 0 Å². The highest BCUT2D eigenvalue weighted by Crippen LogP contribution is 2.10.